The fraction of sp³-hybridized carbons (Fsp3) is 0.733. The molecule has 18 heavy (non-hydrogen) atoms. The van der Waals surface area contributed by atoms with Gasteiger partial charge in [0, 0.05) is 6.04 Å². The predicted molar refractivity (Wildman–Crippen MR) is 77.8 cm³/mol. The molecule has 2 nitrogen and oxygen atoms in total. The van der Waals surface area contributed by atoms with E-state index >= 15 is 0 Å². The zero-order valence-corrected chi connectivity index (χ0v) is 12.3. The topological polar surface area (TPSA) is 35.2 Å². The van der Waals surface area contributed by atoms with Crippen molar-refractivity contribution in [1.29, 1.82) is 0 Å². The van der Waals surface area contributed by atoms with E-state index in [4.69, 9.17) is 10.5 Å². The van der Waals surface area contributed by atoms with E-state index in [0.29, 0.717) is 6.10 Å². The van der Waals surface area contributed by atoms with E-state index in [1.54, 1.807) is 11.3 Å². The molecule has 1 aliphatic rings. The first kappa shape index (κ1) is 14.0. The lowest BCUT2D eigenvalue weighted by Crippen LogP contribution is -2.32. The number of hydrogen-bond donors (Lipinski definition) is 1. The zero-order chi connectivity index (χ0) is 13.0. The lowest BCUT2D eigenvalue weighted by Gasteiger charge is -2.33. The maximum atomic E-state index is 6.31. The molecule has 2 N–H and O–H groups in total. The van der Waals surface area contributed by atoms with Crippen molar-refractivity contribution in [2.24, 2.45) is 11.7 Å². The molecule has 1 fully saturated rings. The Morgan fingerprint density at radius 1 is 1.50 bits per heavy atom. The molecule has 0 spiro atoms. The van der Waals surface area contributed by atoms with Crippen LogP contribution in [0.5, 0.6) is 0 Å². The molecule has 2 rings (SSSR count). The maximum absolute atomic E-state index is 6.31. The highest BCUT2D eigenvalue weighted by Crippen LogP contribution is 2.33. The smallest absolute Gasteiger partial charge is 0.0984 e. The van der Waals surface area contributed by atoms with Crippen LogP contribution in [0, 0.1) is 5.92 Å². The molecule has 0 aliphatic heterocycles. The highest BCUT2D eigenvalue weighted by atomic mass is 32.1. The molecule has 102 valence electrons. The summed E-state index contributed by atoms with van der Waals surface area (Å²) in [5.41, 5.74) is 7.34. The Hall–Kier alpha value is -0.380. The first-order valence-corrected chi connectivity index (χ1v) is 8.08. The van der Waals surface area contributed by atoms with Gasteiger partial charge in [0.05, 0.1) is 12.2 Å². The summed E-state index contributed by atoms with van der Waals surface area (Å²) < 4.78 is 6.31. The second kappa shape index (κ2) is 6.69. The summed E-state index contributed by atoms with van der Waals surface area (Å²) in [6.07, 6.45) is 6.84. The summed E-state index contributed by atoms with van der Waals surface area (Å²) in [5, 5.41) is 4.26. The van der Waals surface area contributed by atoms with E-state index in [2.05, 4.69) is 23.8 Å². The van der Waals surface area contributed by atoms with Gasteiger partial charge in [-0.05, 0) is 48.1 Å². The Morgan fingerprint density at radius 2 is 2.33 bits per heavy atom. The molecule has 1 aromatic heterocycles. The average Bonchev–Trinajstić information content (AvgIpc) is 2.89. The van der Waals surface area contributed by atoms with E-state index in [1.165, 1.54) is 37.7 Å². The quantitative estimate of drug-likeness (QED) is 0.871. The van der Waals surface area contributed by atoms with E-state index in [9.17, 15) is 0 Å². The van der Waals surface area contributed by atoms with Crippen molar-refractivity contribution in [3.05, 3.63) is 22.4 Å². The Balaban J connectivity index is 1.97. The highest BCUT2D eigenvalue weighted by molar-refractivity contribution is 7.07. The van der Waals surface area contributed by atoms with Crippen LogP contribution in [0.1, 0.15) is 57.6 Å². The molecule has 4 atom stereocenters. The number of ether oxygens (including phenoxy) is 1. The molecule has 0 radical (unpaired) electrons. The molecule has 0 saturated heterocycles. The zero-order valence-electron chi connectivity index (χ0n) is 11.5. The van der Waals surface area contributed by atoms with Gasteiger partial charge in [0.1, 0.15) is 0 Å². The minimum Gasteiger partial charge on any atom is -0.369 e. The predicted octanol–water partition coefficient (Wildman–Crippen LogP) is 4.12. The second-order valence-corrected chi connectivity index (χ2v) is 6.32. The van der Waals surface area contributed by atoms with Crippen LogP contribution in [0.4, 0.5) is 0 Å². The molecular weight excluding hydrogens is 242 g/mol. The average molecular weight is 267 g/mol. The van der Waals surface area contributed by atoms with Crippen LogP contribution >= 0.6 is 11.3 Å². The Kier molecular flexibility index (Phi) is 5.22. The number of thiophene rings is 1. The van der Waals surface area contributed by atoms with Crippen LogP contribution in [0.3, 0.4) is 0 Å². The summed E-state index contributed by atoms with van der Waals surface area (Å²) in [4.78, 5) is 0. The first-order chi connectivity index (χ1) is 8.70. The van der Waals surface area contributed by atoms with E-state index in [1.807, 2.05) is 6.92 Å². The fourth-order valence-corrected chi connectivity index (χ4v) is 3.57. The van der Waals surface area contributed by atoms with E-state index in [-0.39, 0.29) is 12.1 Å². The van der Waals surface area contributed by atoms with Crippen molar-refractivity contribution in [2.75, 3.05) is 0 Å². The lowest BCUT2D eigenvalue weighted by atomic mass is 9.85. The molecule has 1 heterocycles. The highest BCUT2D eigenvalue weighted by Gasteiger charge is 2.26. The standard InChI is InChI=1S/C15H25NOS/c1-3-12-5-4-6-14(9-12)17-15(11(2)16)13-7-8-18-10-13/h7-8,10-12,14-15H,3-6,9,16H2,1-2H3. The molecule has 0 amide bonds. The summed E-state index contributed by atoms with van der Waals surface area (Å²) in [6.45, 7) is 4.33. The van der Waals surface area contributed by atoms with Crippen LogP contribution in [-0.2, 0) is 4.74 Å². The largest absolute Gasteiger partial charge is 0.369 e. The van der Waals surface area contributed by atoms with Crippen LogP contribution in [0.25, 0.3) is 0 Å². The van der Waals surface area contributed by atoms with Gasteiger partial charge in [-0.2, -0.15) is 11.3 Å². The molecule has 0 aromatic carbocycles. The van der Waals surface area contributed by atoms with Gasteiger partial charge in [0.2, 0.25) is 0 Å². The third kappa shape index (κ3) is 3.56. The maximum Gasteiger partial charge on any atom is 0.0984 e. The minimum absolute atomic E-state index is 0.0570. The van der Waals surface area contributed by atoms with Gasteiger partial charge in [0.15, 0.2) is 0 Å². The minimum atomic E-state index is 0.0570. The fourth-order valence-electron chi connectivity index (χ4n) is 2.89. The van der Waals surface area contributed by atoms with Gasteiger partial charge >= 0.3 is 0 Å². The summed E-state index contributed by atoms with van der Waals surface area (Å²) in [5.74, 6) is 0.847. The number of hydrogen-bond acceptors (Lipinski definition) is 3. The second-order valence-electron chi connectivity index (χ2n) is 5.54. The Morgan fingerprint density at radius 3 is 2.94 bits per heavy atom. The Labute approximate surface area is 115 Å². The Bertz CT molecular complexity index is 336. The van der Waals surface area contributed by atoms with E-state index < -0.39 is 0 Å². The van der Waals surface area contributed by atoms with Gasteiger partial charge in [-0.15, -0.1) is 0 Å². The summed E-state index contributed by atoms with van der Waals surface area (Å²) in [7, 11) is 0. The van der Waals surface area contributed by atoms with Gasteiger partial charge in [0.25, 0.3) is 0 Å². The third-order valence-electron chi connectivity index (χ3n) is 4.00. The molecule has 3 heteroatoms. The molecule has 1 aromatic rings. The van der Waals surface area contributed by atoms with Crippen molar-refractivity contribution < 1.29 is 4.74 Å². The monoisotopic (exact) mass is 267 g/mol. The number of rotatable bonds is 5. The molecular formula is C15H25NOS. The molecule has 4 unspecified atom stereocenters. The third-order valence-corrected chi connectivity index (χ3v) is 4.70. The summed E-state index contributed by atoms with van der Waals surface area (Å²) >= 11 is 1.72. The van der Waals surface area contributed by atoms with Crippen LogP contribution in [-0.4, -0.2) is 12.1 Å². The van der Waals surface area contributed by atoms with Crippen molar-refractivity contribution in [2.45, 2.75) is 64.2 Å². The molecule has 1 aliphatic carbocycles. The lowest BCUT2D eigenvalue weighted by molar-refractivity contribution is -0.0506. The summed E-state index contributed by atoms with van der Waals surface area (Å²) in [6, 6.07) is 2.19. The normalized spacial score (nSPS) is 27.9. The molecule has 0 bridgehead atoms. The van der Waals surface area contributed by atoms with Crippen molar-refractivity contribution in [3.8, 4) is 0 Å². The van der Waals surface area contributed by atoms with Crippen molar-refractivity contribution in [1.82, 2.24) is 0 Å². The van der Waals surface area contributed by atoms with Crippen LogP contribution < -0.4 is 5.73 Å². The van der Waals surface area contributed by atoms with Crippen LogP contribution in [0.15, 0.2) is 16.8 Å². The van der Waals surface area contributed by atoms with Crippen LogP contribution in [0.2, 0.25) is 0 Å². The van der Waals surface area contributed by atoms with E-state index in [0.717, 1.165) is 5.92 Å². The molecule has 1 saturated carbocycles. The van der Waals surface area contributed by atoms with Gasteiger partial charge in [-0.3, -0.25) is 0 Å². The van der Waals surface area contributed by atoms with Gasteiger partial charge in [-0.25, -0.2) is 0 Å². The van der Waals surface area contributed by atoms with Gasteiger partial charge < -0.3 is 10.5 Å². The SMILES string of the molecule is CCC1CCCC(OC(c2ccsc2)C(C)N)C1. The van der Waals surface area contributed by atoms with Crippen molar-refractivity contribution in [3.63, 3.8) is 0 Å². The van der Waals surface area contributed by atoms with Crippen molar-refractivity contribution >= 4 is 11.3 Å². The van der Waals surface area contributed by atoms with Gasteiger partial charge in [-0.1, -0.05) is 26.2 Å². The first-order valence-electron chi connectivity index (χ1n) is 7.13. The number of nitrogens with two attached hydrogens (primary N) is 1.